The molecule has 0 radical (unpaired) electrons. The number of benzene rings is 2. The molecule has 126 valence electrons. The Kier molecular flexibility index (Phi) is 7.11. The Balaban J connectivity index is 1.96. The van der Waals surface area contributed by atoms with E-state index < -0.39 is 0 Å². The number of carbonyl (C=O) groups excluding carboxylic acids is 2. The minimum atomic E-state index is -0.150. The summed E-state index contributed by atoms with van der Waals surface area (Å²) in [5.41, 5.74) is 0.746. The van der Waals surface area contributed by atoms with Crippen LogP contribution in [-0.2, 0) is 9.59 Å². The summed E-state index contributed by atoms with van der Waals surface area (Å²) in [6.07, 6.45) is 0. The first-order valence-corrected chi connectivity index (χ1v) is 8.62. The van der Waals surface area contributed by atoms with Crippen molar-refractivity contribution in [2.45, 2.75) is 9.79 Å². The number of rotatable bonds is 7. The zero-order valence-electron chi connectivity index (χ0n) is 13.2. The van der Waals surface area contributed by atoms with Crippen LogP contribution in [0.3, 0.4) is 0 Å². The van der Waals surface area contributed by atoms with Gasteiger partial charge in [-0.2, -0.15) is 0 Å². The smallest absolute Gasteiger partial charge is 0.279 e. The largest absolute Gasteiger partial charge is 0.354 e. The Bertz CT molecular complexity index is 707. The van der Waals surface area contributed by atoms with Gasteiger partial charge in [-0.05, 0) is 36.4 Å². The number of halogens is 1. The van der Waals surface area contributed by atoms with Crippen LogP contribution in [-0.4, -0.2) is 32.0 Å². The molecule has 2 aromatic rings. The SMILES string of the molecule is CNC(=O)C[NH2+]CC(=O)Nc1ccccc1Sc1ccc(Cl)cc1. The summed E-state index contributed by atoms with van der Waals surface area (Å²) in [5, 5.41) is 7.74. The lowest BCUT2D eigenvalue weighted by atomic mass is 10.3. The molecule has 0 saturated heterocycles. The van der Waals surface area contributed by atoms with Crippen LogP contribution in [0, 0.1) is 0 Å². The van der Waals surface area contributed by atoms with Gasteiger partial charge in [0.25, 0.3) is 11.8 Å². The number of carbonyl (C=O) groups is 2. The van der Waals surface area contributed by atoms with Crippen LogP contribution in [0.4, 0.5) is 5.69 Å². The molecule has 0 aliphatic carbocycles. The summed E-state index contributed by atoms with van der Waals surface area (Å²) in [6, 6.07) is 15.1. The number of anilines is 1. The van der Waals surface area contributed by atoms with Crippen molar-refractivity contribution in [3.8, 4) is 0 Å². The number of nitrogens with one attached hydrogen (secondary N) is 2. The molecule has 2 aromatic carbocycles. The van der Waals surface area contributed by atoms with E-state index in [1.54, 1.807) is 24.1 Å². The van der Waals surface area contributed by atoms with Crippen LogP contribution >= 0.6 is 23.4 Å². The summed E-state index contributed by atoms with van der Waals surface area (Å²) in [7, 11) is 1.57. The van der Waals surface area contributed by atoms with E-state index in [1.165, 1.54) is 0 Å². The summed E-state index contributed by atoms with van der Waals surface area (Å²) >= 11 is 7.45. The summed E-state index contributed by atoms with van der Waals surface area (Å²) < 4.78 is 0. The Labute approximate surface area is 150 Å². The van der Waals surface area contributed by atoms with E-state index in [2.05, 4.69) is 10.6 Å². The molecule has 0 atom stereocenters. The second kappa shape index (κ2) is 9.32. The Morgan fingerprint density at radius 2 is 1.71 bits per heavy atom. The summed E-state index contributed by atoms with van der Waals surface area (Å²) in [4.78, 5) is 25.2. The van der Waals surface area contributed by atoms with Gasteiger partial charge in [0.05, 0.1) is 5.69 Å². The van der Waals surface area contributed by atoms with E-state index >= 15 is 0 Å². The van der Waals surface area contributed by atoms with E-state index in [9.17, 15) is 9.59 Å². The summed E-state index contributed by atoms with van der Waals surface area (Å²) in [6.45, 7) is 0.415. The lowest BCUT2D eigenvalue weighted by Gasteiger charge is -2.10. The van der Waals surface area contributed by atoms with Gasteiger partial charge < -0.3 is 16.0 Å². The van der Waals surface area contributed by atoms with Gasteiger partial charge in [0.15, 0.2) is 13.1 Å². The molecule has 0 aliphatic heterocycles. The quantitative estimate of drug-likeness (QED) is 0.700. The number of likely N-dealkylation sites (N-methyl/N-ethyl adjacent to an activating group) is 1. The Morgan fingerprint density at radius 3 is 2.42 bits per heavy atom. The standard InChI is InChI=1S/C17H18ClN3O2S/c1-19-16(22)10-20-11-17(23)21-14-4-2-3-5-15(14)24-13-8-6-12(18)7-9-13/h2-9,20H,10-11H2,1H3,(H,19,22)(H,21,23)/p+1. The van der Waals surface area contributed by atoms with Crippen molar-refractivity contribution < 1.29 is 14.9 Å². The number of hydrogen-bond donors (Lipinski definition) is 3. The van der Waals surface area contributed by atoms with Crippen LogP contribution in [0.15, 0.2) is 58.3 Å². The average Bonchev–Trinajstić information content (AvgIpc) is 2.58. The van der Waals surface area contributed by atoms with Gasteiger partial charge in [-0.25, -0.2) is 0 Å². The monoisotopic (exact) mass is 364 g/mol. The van der Waals surface area contributed by atoms with Crippen molar-refractivity contribution >= 4 is 40.9 Å². The molecule has 24 heavy (non-hydrogen) atoms. The predicted molar refractivity (Wildman–Crippen MR) is 96.4 cm³/mol. The minimum Gasteiger partial charge on any atom is -0.354 e. The molecule has 4 N–H and O–H groups in total. The maximum absolute atomic E-state index is 12.0. The van der Waals surface area contributed by atoms with Crippen molar-refractivity contribution in [2.75, 3.05) is 25.5 Å². The first kappa shape index (κ1) is 18.3. The zero-order valence-corrected chi connectivity index (χ0v) is 14.8. The van der Waals surface area contributed by atoms with Gasteiger partial charge in [0.2, 0.25) is 0 Å². The van der Waals surface area contributed by atoms with E-state index in [1.807, 2.05) is 48.5 Å². The molecule has 0 heterocycles. The normalized spacial score (nSPS) is 10.2. The highest BCUT2D eigenvalue weighted by atomic mass is 35.5. The fourth-order valence-electron chi connectivity index (χ4n) is 1.93. The maximum Gasteiger partial charge on any atom is 0.279 e. The van der Waals surface area contributed by atoms with Gasteiger partial charge in [-0.1, -0.05) is 35.5 Å². The average molecular weight is 365 g/mol. The van der Waals surface area contributed by atoms with Crippen LogP contribution in [0.5, 0.6) is 0 Å². The highest BCUT2D eigenvalue weighted by Crippen LogP contribution is 2.33. The molecule has 2 amide bonds. The van der Waals surface area contributed by atoms with Crippen LogP contribution in [0.25, 0.3) is 0 Å². The molecule has 0 bridgehead atoms. The maximum atomic E-state index is 12.0. The third-order valence-electron chi connectivity index (χ3n) is 3.14. The zero-order chi connectivity index (χ0) is 17.4. The number of amides is 2. The Hall–Kier alpha value is -2.02. The molecule has 2 rings (SSSR count). The molecule has 0 aromatic heterocycles. The van der Waals surface area contributed by atoms with Crippen molar-refractivity contribution in [1.82, 2.24) is 5.32 Å². The second-order valence-corrected chi connectivity index (χ2v) is 6.52. The predicted octanol–water partition coefficient (Wildman–Crippen LogP) is 1.74. The van der Waals surface area contributed by atoms with Crippen LogP contribution < -0.4 is 16.0 Å². The molecule has 0 unspecified atom stereocenters. The molecule has 0 fully saturated rings. The first-order chi connectivity index (χ1) is 11.6. The van der Waals surface area contributed by atoms with Crippen molar-refractivity contribution in [2.24, 2.45) is 0 Å². The van der Waals surface area contributed by atoms with Gasteiger partial charge in [-0.3, -0.25) is 9.59 Å². The number of hydrogen-bond acceptors (Lipinski definition) is 3. The fraction of sp³-hybridized carbons (Fsp3) is 0.176. The number of nitrogens with two attached hydrogens (primary N) is 1. The third-order valence-corrected chi connectivity index (χ3v) is 4.48. The highest BCUT2D eigenvalue weighted by Gasteiger charge is 2.10. The van der Waals surface area contributed by atoms with E-state index in [-0.39, 0.29) is 24.9 Å². The molecular weight excluding hydrogens is 346 g/mol. The minimum absolute atomic E-state index is 0.110. The van der Waals surface area contributed by atoms with Crippen molar-refractivity contribution in [3.63, 3.8) is 0 Å². The van der Waals surface area contributed by atoms with Crippen LogP contribution in [0.1, 0.15) is 0 Å². The topological polar surface area (TPSA) is 74.8 Å². The lowest BCUT2D eigenvalue weighted by molar-refractivity contribution is -0.632. The molecule has 0 spiro atoms. The van der Waals surface area contributed by atoms with E-state index in [4.69, 9.17) is 11.6 Å². The Morgan fingerprint density at radius 1 is 1.04 bits per heavy atom. The number of quaternary nitrogens is 1. The molecule has 0 saturated carbocycles. The molecule has 5 nitrogen and oxygen atoms in total. The highest BCUT2D eigenvalue weighted by molar-refractivity contribution is 7.99. The fourth-order valence-corrected chi connectivity index (χ4v) is 2.95. The van der Waals surface area contributed by atoms with Crippen molar-refractivity contribution in [1.29, 1.82) is 0 Å². The third kappa shape index (κ3) is 5.88. The van der Waals surface area contributed by atoms with Gasteiger partial charge >= 0.3 is 0 Å². The summed E-state index contributed by atoms with van der Waals surface area (Å²) in [5.74, 6) is -0.260. The van der Waals surface area contributed by atoms with Gasteiger partial charge in [0, 0.05) is 21.9 Å². The van der Waals surface area contributed by atoms with Crippen molar-refractivity contribution in [3.05, 3.63) is 53.6 Å². The molecule has 0 aliphatic rings. The first-order valence-electron chi connectivity index (χ1n) is 7.43. The van der Waals surface area contributed by atoms with Gasteiger partial charge in [-0.15, -0.1) is 0 Å². The van der Waals surface area contributed by atoms with E-state index in [0.29, 0.717) is 5.02 Å². The number of para-hydroxylation sites is 1. The second-order valence-electron chi connectivity index (χ2n) is 4.97. The van der Waals surface area contributed by atoms with Gasteiger partial charge in [0.1, 0.15) is 0 Å². The van der Waals surface area contributed by atoms with Crippen LogP contribution in [0.2, 0.25) is 5.02 Å². The van der Waals surface area contributed by atoms with E-state index in [0.717, 1.165) is 15.5 Å². The molecular formula is C17H19ClN3O2S+. The lowest BCUT2D eigenvalue weighted by Crippen LogP contribution is -2.88. The molecule has 7 heteroatoms.